The number of esters is 1. The Balaban J connectivity index is 2.04. The van der Waals surface area contributed by atoms with Crippen molar-refractivity contribution in [3.63, 3.8) is 0 Å². The smallest absolute Gasteiger partial charge is 0.306 e. The summed E-state index contributed by atoms with van der Waals surface area (Å²) in [5.41, 5.74) is 2.80. The van der Waals surface area contributed by atoms with Gasteiger partial charge in [0.1, 0.15) is 0 Å². The molecule has 29 heavy (non-hydrogen) atoms. The summed E-state index contributed by atoms with van der Waals surface area (Å²) in [7, 11) is 3.08. The van der Waals surface area contributed by atoms with Gasteiger partial charge in [-0.05, 0) is 51.3 Å². The highest BCUT2D eigenvalue weighted by molar-refractivity contribution is 6.05. The Hall–Kier alpha value is -3.09. The van der Waals surface area contributed by atoms with Crippen molar-refractivity contribution in [2.75, 3.05) is 14.2 Å². The summed E-state index contributed by atoms with van der Waals surface area (Å²) < 4.78 is 15.9. The Bertz CT molecular complexity index is 928. The van der Waals surface area contributed by atoms with E-state index in [0.717, 1.165) is 5.56 Å². The Morgan fingerprint density at radius 1 is 1.10 bits per heavy atom. The lowest BCUT2D eigenvalue weighted by atomic mass is 10.0. The second kappa shape index (κ2) is 9.41. The van der Waals surface area contributed by atoms with Crippen LogP contribution in [0.2, 0.25) is 0 Å². The number of aromatic amines is 1. The van der Waals surface area contributed by atoms with Crippen LogP contribution in [0.3, 0.4) is 0 Å². The average molecular weight is 401 g/mol. The highest BCUT2D eigenvalue weighted by Gasteiger charge is 2.26. The molecule has 7 heteroatoms. The van der Waals surface area contributed by atoms with Crippen LogP contribution in [0.5, 0.6) is 11.5 Å². The van der Waals surface area contributed by atoms with E-state index in [1.54, 1.807) is 27.0 Å². The van der Waals surface area contributed by atoms with Crippen LogP contribution in [0.25, 0.3) is 0 Å². The number of para-hydroxylation sites is 1. The Labute approximate surface area is 170 Å². The second-order valence-electron chi connectivity index (χ2n) is 6.83. The van der Waals surface area contributed by atoms with Gasteiger partial charge in [0.05, 0.1) is 19.9 Å². The molecule has 0 unspecified atom stereocenters. The first-order chi connectivity index (χ1) is 13.7. The largest absolute Gasteiger partial charge is 0.493 e. The minimum atomic E-state index is -0.966. The molecule has 2 aromatic rings. The fraction of sp³-hybridized carbons (Fsp3) is 0.409. The molecule has 1 aromatic heterocycles. The molecule has 0 amide bonds. The van der Waals surface area contributed by atoms with Crippen molar-refractivity contribution < 1.29 is 28.6 Å². The molecule has 7 nitrogen and oxygen atoms in total. The van der Waals surface area contributed by atoms with Crippen molar-refractivity contribution in [3.05, 3.63) is 46.3 Å². The van der Waals surface area contributed by atoms with Crippen LogP contribution in [0.15, 0.2) is 18.2 Å². The molecule has 1 heterocycles. The van der Waals surface area contributed by atoms with E-state index in [0.29, 0.717) is 40.4 Å². The maximum absolute atomic E-state index is 12.7. The normalized spacial score (nSPS) is 11.7. The molecule has 1 N–H and O–H groups in total. The van der Waals surface area contributed by atoms with Crippen molar-refractivity contribution in [1.82, 2.24) is 4.98 Å². The standard InChI is InChI=1S/C22H27NO6/c1-12-19(14(3)24)13(2)23-20(12)21(26)15(4)29-18(25)11-10-16-8-7-9-17(27-5)22(16)28-6/h7-9,15,23H,10-11H2,1-6H3/t15-/m0/s1. The average Bonchev–Trinajstić information content (AvgIpc) is 2.99. The minimum absolute atomic E-state index is 0.0859. The number of Topliss-reactive ketones (excluding diaryl/α,β-unsaturated/α-hetero) is 2. The van der Waals surface area contributed by atoms with Crippen LogP contribution < -0.4 is 9.47 Å². The number of carbonyl (C=O) groups excluding carboxylic acids is 3. The third-order valence-electron chi connectivity index (χ3n) is 4.80. The van der Waals surface area contributed by atoms with E-state index >= 15 is 0 Å². The molecule has 0 radical (unpaired) electrons. The van der Waals surface area contributed by atoms with Gasteiger partial charge in [0.15, 0.2) is 23.4 Å². The summed E-state index contributed by atoms with van der Waals surface area (Å²) in [6.07, 6.45) is -0.496. The molecule has 1 atom stereocenters. The van der Waals surface area contributed by atoms with E-state index in [4.69, 9.17) is 14.2 Å². The Morgan fingerprint density at radius 2 is 1.79 bits per heavy atom. The number of nitrogens with one attached hydrogen (secondary N) is 1. The summed E-state index contributed by atoms with van der Waals surface area (Å²) in [6, 6.07) is 5.44. The monoisotopic (exact) mass is 401 g/mol. The number of rotatable bonds is 9. The molecular formula is C22H27NO6. The lowest BCUT2D eigenvalue weighted by Crippen LogP contribution is -2.25. The van der Waals surface area contributed by atoms with Crippen molar-refractivity contribution >= 4 is 17.5 Å². The van der Waals surface area contributed by atoms with Gasteiger partial charge in [-0.2, -0.15) is 0 Å². The quantitative estimate of drug-likeness (QED) is 0.510. The number of aryl methyl sites for hydroxylation is 2. The number of carbonyl (C=O) groups is 3. The van der Waals surface area contributed by atoms with Gasteiger partial charge in [0, 0.05) is 17.7 Å². The highest BCUT2D eigenvalue weighted by atomic mass is 16.5. The predicted octanol–water partition coefficient (Wildman–Crippen LogP) is 3.60. The van der Waals surface area contributed by atoms with Crippen molar-refractivity contribution in [2.45, 2.75) is 46.6 Å². The molecule has 0 bridgehead atoms. The number of hydrogen-bond donors (Lipinski definition) is 1. The Morgan fingerprint density at radius 3 is 2.34 bits per heavy atom. The van der Waals surface area contributed by atoms with Crippen LogP contribution in [-0.4, -0.2) is 42.8 Å². The number of benzene rings is 1. The number of ketones is 2. The SMILES string of the molecule is COc1cccc(CCC(=O)O[C@@H](C)C(=O)c2[nH]c(C)c(C(C)=O)c2C)c1OC. The summed E-state index contributed by atoms with van der Waals surface area (Å²) in [5, 5.41) is 0. The molecular weight excluding hydrogens is 374 g/mol. The van der Waals surface area contributed by atoms with Gasteiger partial charge in [0.2, 0.25) is 5.78 Å². The fourth-order valence-electron chi connectivity index (χ4n) is 3.42. The molecule has 0 saturated carbocycles. The van der Waals surface area contributed by atoms with Gasteiger partial charge in [0.25, 0.3) is 0 Å². The Kier molecular flexibility index (Phi) is 7.20. The third kappa shape index (κ3) is 4.85. The first-order valence-corrected chi connectivity index (χ1v) is 9.34. The van der Waals surface area contributed by atoms with Crippen LogP contribution in [0.1, 0.15) is 57.9 Å². The van der Waals surface area contributed by atoms with E-state index < -0.39 is 12.1 Å². The van der Waals surface area contributed by atoms with Crippen molar-refractivity contribution in [3.8, 4) is 11.5 Å². The van der Waals surface area contributed by atoms with Gasteiger partial charge in [-0.25, -0.2) is 0 Å². The third-order valence-corrected chi connectivity index (χ3v) is 4.80. The molecule has 2 rings (SSSR count). The number of ether oxygens (including phenoxy) is 3. The van der Waals surface area contributed by atoms with E-state index in [9.17, 15) is 14.4 Å². The first-order valence-electron chi connectivity index (χ1n) is 9.34. The summed E-state index contributed by atoms with van der Waals surface area (Å²) in [4.78, 5) is 39.7. The topological polar surface area (TPSA) is 94.7 Å². The molecule has 0 aliphatic carbocycles. The number of hydrogen-bond acceptors (Lipinski definition) is 6. The number of aromatic nitrogens is 1. The molecule has 0 aliphatic rings. The zero-order valence-corrected chi connectivity index (χ0v) is 17.7. The van der Waals surface area contributed by atoms with Crippen molar-refractivity contribution in [1.29, 1.82) is 0 Å². The minimum Gasteiger partial charge on any atom is -0.493 e. The van der Waals surface area contributed by atoms with Gasteiger partial charge in [-0.3, -0.25) is 14.4 Å². The molecule has 0 spiro atoms. The van der Waals surface area contributed by atoms with Gasteiger partial charge < -0.3 is 19.2 Å². The molecule has 156 valence electrons. The molecule has 0 aliphatic heterocycles. The number of H-pyrrole nitrogens is 1. The lowest BCUT2D eigenvalue weighted by molar-refractivity contribution is -0.146. The summed E-state index contributed by atoms with van der Waals surface area (Å²) >= 11 is 0. The van der Waals surface area contributed by atoms with Gasteiger partial charge in [-0.15, -0.1) is 0 Å². The molecule has 1 aromatic carbocycles. The van der Waals surface area contributed by atoms with Crippen LogP contribution in [0, 0.1) is 13.8 Å². The molecule has 0 saturated heterocycles. The first kappa shape index (κ1) is 22.2. The molecule has 0 fully saturated rings. The van der Waals surface area contributed by atoms with Crippen LogP contribution >= 0.6 is 0 Å². The van der Waals surface area contributed by atoms with Crippen molar-refractivity contribution in [2.24, 2.45) is 0 Å². The highest BCUT2D eigenvalue weighted by Crippen LogP contribution is 2.31. The van der Waals surface area contributed by atoms with Crippen LogP contribution in [0.4, 0.5) is 0 Å². The predicted molar refractivity (Wildman–Crippen MR) is 108 cm³/mol. The number of methoxy groups -OCH3 is 2. The maximum Gasteiger partial charge on any atom is 0.306 e. The second-order valence-corrected chi connectivity index (χ2v) is 6.83. The van der Waals surface area contributed by atoms with E-state index in [1.165, 1.54) is 21.0 Å². The zero-order valence-electron chi connectivity index (χ0n) is 17.7. The summed E-state index contributed by atoms with van der Waals surface area (Å²) in [5.74, 6) is 0.169. The maximum atomic E-state index is 12.7. The van der Waals surface area contributed by atoms with E-state index in [2.05, 4.69) is 4.98 Å². The van der Waals surface area contributed by atoms with Gasteiger partial charge in [-0.1, -0.05) is 12.1 Å². The van der Waals surface area contributed by atoms with E-state index in [1.807, 2.05) is 12.1 Å². The van der Waals surface area contributed by atoms with Gasteiger partial charge >= 0.3 is 5.97 Å². The summed E-state index contributed by atoms with van der Waals surface area (Å²) in [6.45, 7) is 6.42. The lowest BCUT2D eigenvalue weighted by Gasteiger charge is -2.14. The van der Waals surface area contributed by atoms with Crippen LogP contribution in [-0.2, 0) is 16.0 Å². The van der Waals surface area contributed by atoms with E-state index in [-0.39, 0.29) is 18.0 Å². The fourth-order valence-corrected chi connectivity index (χ4v) is 3.42. The zero-order chi connectivity index (χ0) is 21.7.